The molecule has 118 valence electrons. The van der Waals surface area contributed by atoms with Gasteiger partial charge in [-0.3, -0.25) is 9.38 Å². The van der Waals surface area contributed by atoms with Gasteiger partial charge in [-0.25, -0.2) is 9.97 Å². The third-order valence-corrected chi connectivity index (χ3v) is 4.55. The van der Waals surface area contributed by atoms with E-state index in [0.29, 0.717) is 11.1 Å². The highest BCUT2D eigenvalue weighted by Gasteiger charge is 2.14. The van der Waals surface area contributed by atoms with Gasteiger partial charge in [0.15, 0.2) is 0 Å². The quantitative estimate of drug-likeness (QED) is 0.800. The third kappa shape index (κ3) is 3.07. The molecule has 23 heavy (non-hydrogen) atoms. The molecule has 0 spiro atoms. The molecule has 3 aromatic rings. The van der Waals surface area contributed by atoms with Gasteiger partial charge < -0.3 is 5.32 Å². The molecule has 0 aliphatic carbocycles. The average molecular weight is 328 g/mol. The van der Waals surface area contributed by atoms with Crippen molar-refractivity contribution in [2.24, 2.45) is 0 Å². The maximum Gasteiger partial charge on any atom is 0.137 e. The molecule has 0 aromatic carbocycles. The first kappa shape index (κ1) is 14.6. The molecule has 4 rings (SSSR count). The minimum Gasteiger partial charge on any atom is -0.314 e. The fourth-order valence-electron chi connectivity index (χ4n) is 3.12. The molecule has 1 atom stereocenters. The Bertz CT molecular complexity index is 823. The van der Waals surface area contributed by atoms with Gasteiger partial charge in [-0.1, -0.05) is 11.6 Å². The van der Waals surface area contributed by atoms with Crippen LogP contribution in [0.5, 0.6) is 0 Å². The van der Waals surface area contributed by atoms with Crippen LogP contribution < -0.4 is 5.32 Å². The minimum atomic E-state index is 0.620. The van der Waals surface area contributed by atoms with Crippen LogP contribution in [0.1, 0.15) is 25.0 Å². The second-order valence-corrected chi connectivity index (χ2v) is 6.38. The Hall–Kier alpha value is -1.98. The average Bonchev–Trinajstić information content (AvgIpc) is 3.22. The van der Waals surface area contributed by atoms with Gasteiger partial charge in [0.1, 0.15) is 11.3 Å². The number of nitrogens with one attached hydrogen (secondary N) is 1. The number of fused-ring (bicyclic) bond motifs is 1. The molecule has 1 aliphatic heterocycles. The van der Waals surface area contributed by atoms with Gasteiger partial charge in [0, 0.05) is 18.4 Å². The molecule has 5 nitrogen and oxygen atoms in total. The van der Waals surface area contributed by atoms with E-state index in [9.17, 15) is 0 Å². The molecule has 4 heterocycles. The van der Waals surface area contributed by atoms with Crippen molar-refractivity contribution < 1.29 is 0 Å². The molecule has 1 N–H and O–H groups in total. The molecular formula is C17H18ClN5. The lowest BCUT2D eigenvalue weighted by molar-refractivity contribution is 0.555. The Kier molecular flexibility index (Phi) is 3.97. The molecular weight excluding hydrogens is 310 g/mol. The fourth-order valence-corrected chi connectivity index (χ4v) is 3.28. The maximum absolute atomic E-state index is 6.10. The van der Waals surface area contributed by atoms with Crippen molar-refractivity contribution in [1.29, 1.82) is 0 Å². The number of rotatable bonds is 4. The van der Waals surface area contributed by atoms with Crippen LogP contribution in [-0.2, 0) is 6.42 Å². The molecule has 1 fully saturated rings. The first-order valence-electron chi connectivity index (χ1n) is 7.97. The number of aromatic nitrogens is 4. The van der Waals surface area contributed by atoms with Crippen LogP contribution in [0.25, 0.3) is 17.0 Å². The summed E-state index contributed by atoms with van der Waals surface area (Å²) in [7, 11) is 0. The highest BCUT2D eigenvalue weighted by atomic mass is 35.5. The molecule has 0 unspecified atom stereocenters. The van der Waals surface area contributed by atoms with E-state index >= 15 is 0 Å². The van der Waals surface area contributed by atoms with Crippen molar-refractivity contribution in [2.75, 3.05) is 6.54 Å². The minimum absolute atomic E-state index is 0.620. The number of hydrogen-bond donors (Lipinski definition) is 1. The second kappa shape index (κ2) is 6.26. The Morgan fingerprint density at radius 3 is 3.09 bits per heavy atom. The first-order chi connectivity index (χ1) is 11.3. The zero-order chi connectivity index (χ0) is 15.6. The second-order valence-electron chi connectivity index (χ2n) is 5.95. The number of pyridine rings is 1. The van der Waals surface area contributed by atoms with Crippen LogP contribution in [0.15, 0.2) is 36.9 Å². The SMILES string of the molecule is Clc1ccc2ncc(-c3cncc(CC[C@@H]4CCCN4)n3)n2c1. The van der Waals surface area contributed by atoms with Crippen LogP contribution in [-0.4, -0.2) is 31.9 Å². The van der Waals surface area contributed by atoms with Gasteiger partial charge in [-0.15, -0.1) is 0 Å². The van der Waals surface area contributed by atoms with E-state index in [4.69, 9.17) is 16.6 Å². The summed E-state index contributed by atoms with van der Waals surface area (Å²) in [6.45, 7) is 1.14. The van der Waals surface area contributed by atoms with E-state index in [1.165, 1.54) is 12.8 Å². The van der Waals surface area contributed by atoms with Crippen LogP contribution in [0.2, 0.25) is 5.02 Å². The summed E-state index contributed by atoms with van der Waals surface area (Å²) in [5.41, 5.74) is 3.62. The molecule has 0 amide bonds. The molecule has 0 radical (unpaired) electrons. The first-order valence-corrected chi connectivity index (χ1v) is 8.35. The summed E-state index contributed by atoms with van der Waals surface area (Å²) in [6, 6.07) is 4.36. The number of hydrogen-bond acceptors (Lipinski definition) is 4. The lowest BCUT2D eigenvalue weighted by Crippen LogP contribution is -2.21. The summed E-state index contributed by atoms with van der Waals surface area (Å²) in [5, 5.41) is 4.20. The van der Waals surface area contributed by atoms with Gasteiger partial charge in [-0.2, -0.15) is 0 Å². The molecule has 6 heteroatoms. The van der Waals surface area contributed by atoms with Crippen LogP contribution in [0, 0.1) is 0 Å². The van der Waals surface area contributed by atoms with E-state index in [2.05, 4.69) is 15.3 Å². The topological polar surface area (TPSA) is 55.1 Å². The summed E-state index contributed by atoms with van der Waals surface area (Å²) in [4.78, 5) is 13.5. The van der Waals surface area contributed by atoms with E-state index in [1.807, 2.05) is 35.1 Å². The van der Waals surface area contributed by atoms with Gasteiger partial charge in [0.05, 0.1) is 28.8 Å². The van der Waals surface area contributed by atoms with E-state index < -0.39 is 0 Å². The smallest absolute Gasteiger partial charge is 0.137 e. The van der Waals surface area contributed by atoms with Crippen molar-refractivity contribution in [3.8, 4) is 11.4 Å². The highest BCUT2D eigenvalue weighted by Crippen LogP contribution is 2.21. The highest BCUT2D eigenvalue weighted by molar-refractivity contribution is 6.30. The normalized spacial score (nSPS) is 17.9. The number of imidazole rings is 1. The van der Waals surface area contributed by atoms with Crippen molar-refractivity contribution in [3.63, 3.8) is 0 Å². The molecule has 0 bridgehead atoms. The van der Waals surface area contributed by atoms with Crippen LogP contribution >= 0.6 is 11.6 Å². The predicted octanol–water partition coefficient (Wildman–Crippen LogP) is 3.13. The molecule has 1 saturated heterocycles. The van der Waals surface area contributed by atoms with E-state index in [0.717, 1.165) is 42.1 Å². The summed E-state index contributed by atoms with van der Waals surface area (Å²) in [6.07, 6.45) is 11.9. The maximum atomic E-state index is 6.10. The number of halogens is 1. The largest absolute Gasteiger partial charge is 0.314 e. The van der Waals surface area contributed by atoms with Crippen LogP contribution in [0.3, 0.4) is 0 Å². The van der Waals surface area contributed by atoms with E-state index in [-0.39, 0.29) is 0 Å². The van der Waals surface area contributed by atoms with Crippen molar-refractivity contribution in [2.45, 2.75) is 31.7 Å². The van der Waals surface area contributed by atoms with E-state index in [1.54, 1.807) is 6.20 Å². The molecule has 1 aliphatic rings. The summed E-state index contributed by atoms with van der Waals surface area (Å²) < 4.78 is 1.95. The van der Waals surface area contributed by atoms with Gasteiger partial charge in [0.2, 0.25) is 0 Å². The van der Waals surface area contributed by atoms with Gasteiger partial charge in [0.25, 0.3) is 0 Å². The lowest BCUT2D eigenvalue weighted by Gasteiger charge is -2.09. The molecule has 3 aromatic heterocycles. The van der Waals surface area contributed by atoms with Gasteiger partial charge >= 0.3 is 0 Å². The Balaban J connectivity index is 1.60. The summed E-state index contributed by atoms with van der Waals surface area (Å²) >= 11 is 6.10. The monoisotopic (exact) mass is 327 g/mol. The fraction of sp³-hybridized carbons (Fsp3) is 0.353. The zero-order valence-electron chi connectivity index (χ0n) is 12.7. The number of nitrogens with zero attached hydrogens (tertiary/aromatic N) is 4. The van der Waals surface area contributed by atoms with Crippen molar-refractivity contribution >= 4 is 17.2 Å². The Labute approximate surface area is 139 Å². The van der Waals surface area contributed by atoms with Crippen molar-refractivity contribution in [1.82, 2.24) is 24.7 Å². The third-order valence-electron chi connectivity index (χ3n) is 4.33. The van der Waals surface area contributed by atoms with Gasteiger partial charge in [-0.05, 0) is 44.4 Å². The summed E-state index contributed by atoms with van der Waals surface area (Å²) in [5.74, 6) is 0. The van der Waals surface area contributed by atoms with Crippen LogP contribution in [0.4, 0.5) is 0 Å². The molecule has 0 saturated carbocycles. The number of aryl methyl sites for hydroxylation is 1. The Morgan fingerprint density at radius 2 is 2.22 bits per heavy atom. The zero-order valence-corrected chi connectivity index (χ0v) is 13.5. The van der Waals surface area contributed by atoms with Crippen molar-refractivity contribution in [3.05, 3.63) is 47.6 Å². The Morgan fingerprint density at radius 1 is 1.26 bits per heavy atom. The lowest BCUT2D eigenvalue weighted by atomic mass is 10.1. The standard InChI is InChI=1S/C17H18ClN5/c18-12-3-6-17-21-10-16(23(17)11-12)15-9-19-8-14(22-15)5-4-13-2-1-7-20-13/h3,6,8-11,13,20H,1-2,4-5,7H2/t13-/m0/s1. The predicted molar refractivity (Wildman–Crippen MR) is 90.6 cm³/mol.